The molecule has 22 heavy (non-hydrogen) atoms. The smallest absolute Gasteiger partial charge is 0.330 e. The first-order valence-corrected chi connectivity index (χ1v) is 7.38. The molecule has 1 aliphatic rings. The van der Waals surface area contributed by atoms with Crippen molar-refractivity contribution in [3.05, 3.63) is 32.6 Å². The molecule has 0 saturated carbocycles. The van der Waals surface area contributed by atoms with E-state index in [1.165, 1.54) is 11.6 Å². The van der Waals surface area contributed by atoms with E-state index >= 15 is 0 Å². The molecule has 0 aromatic carbocycles. The lowest BCUT2D eigenvalue weighted by Crippen LogP contribution is -2.54. The number of ether oxygens (including phenoxy) is 2. The van der Waals surface area contributed by atoms with Gasteiger partial charge in [-0.25, -0.2) is 4.79 Å². The fourth-order valence-electron chi connectivity index (χ4n) is 3.04. The molecule has 1 aromatic heterocycles. The van der Waals surface area contributed by atoms with Crippen LogP contribution in [0.5, 0.6) is 0 Å². The van der Waals surface area contributed by atoms with E-state index in [4.69, 9.17) is 9.47 Å². The lowest BCUT2D eigenvalue weighted by Gasteiger charge is -2.42. The Kier molecular flexibility index (Phi) is 4.89. The zero-order chi connectivity index (χ0) is 16.5. The number of rotatable bonds is 4. The molecule has 124 valence electrons. The number of aromatic nitrogens is 2. The summed E-state index contributed by atoms with van der Waals surface area (Å²) in [5.41, 5.74) is -0.240. The van der Waals surface area contributed by atoms with Gasteiger partial charge in [-0.15, -0.1) is 0 Å². The van der Waals surface area contributed by atoms with Crippen LogP contribution >= 0.6 is 0 Å². The first-order chi connectivity index (χ1) is 10.2. The molecule has 0 amide bonds. The fraction of sp³-hybridized carbons (Fsp3) is 0.733. The molecule has 0 aliphatic carbocycles. The van der Waals surface area contributed by atoms with Crippen LogP contribution in [0.25, 0.3) is 0 Å². The van der Waals surface area contributed by atoms with Gasteiger partial charge in [0.25, 0.3) is 5.56 Å². The highest BCUT2D eigenvalue weighted by molar-refractivity contribution is 5.06. The van der Waals surface area contributed by atoms with Crippen molar-refractivity contribution < 1.29 is 9.47 Å². The summed E-state index contributed by atoms with van der Waals surface area (Å²) in [4.78, 5) is 26.2. The van der Waals surface area contributed by atoms with Crippen molar-refractivity contribution in [2.75, 3.05) is 26.8 Å². The summed E-state index contributed by atoms with van der Waals surface area (Å²) in [5.74, 6) is 0. The average molecular weight is 311 g/mol. The minimum atomic E-state index is -0.312. The lowest BCUT2D eigenvalue weighted by molar-refractivity contribution is -0.154. The van der Waals surface area contributed by atoms with Gasteiger partial charge in [0, 0.05) is 52.6 Å². The van der Waals surface area contributed by atoms with E-state index < -0.39 is 0 Å². The predicted octanol–water partition coefficient (Wildman–Crippen LogP) is -0.290. The number of hydrogen-bond acceptors (Lipinski definition) is 5. The topological polar surface area (TPSA) is 65.7 Å². The van der Waals surface area contributed by atoms with Crippen LogP contribution in [-0.4, -0.2) is 52.5 Å². The van der Waals surface area contributed by atoms with Gasteiger partial charge >= 0.3 is 5.69 Å². The van der Waals surface area contributed by atoms with E-state index in [0.29, 0.717) is 25.3 Å². The maximum atomic E-state index is 12.3. The summed E-state index contributed by atoms with van der Waals surface area (Å²) in [6.45, 7) is 6.49. The second-order valence-electron chi connectivity index (χ2n) is 6.54. The quantitative estimate of drug-likeness (QED) is 0.764. The van der Waals surface area contributed by atoms with Crippen LogP contribution in [0.2, 0.25) is 0 Å². The number of nitrogens with zero attached hydrogens (tertiary/aromatic N) is 3. The Bertz CT molecular complexity index is 647. The standard InChI is InChI=1S/C15H25N3O4/c1-15(2)10-18(8-12(22-15)9-21-5)7-11-6-16(3)14(20)17(4)13(11)19/h6,12H,7-10H2,1-5H3. The average Bonchev–Trinajstić information content (AvgIpc) is 2.41. The Balaban J connectivity index is 2.23. The molecule has 1 aromatic rings. The second-order valence-corrected chi connectivity index (χ2v) is 6.54. The van der Waals surface area contributed by atoms with Crippen molar-refractivity contribution in [3.8, 4) is 0 Å². The second kappa shape index (κ2) is 6.36. The van der Waals surface area contributed by atoms with Crippen LogP contribution in [0.3, 0.4) is 0 Å². The Labute approximate surface area is 130 Å². The minimum Gasteiger partial charge on any atom is -0.382 e. The molecule has 1 atom stereocenters. The van der Waals surface area contributed by atoms with Gasteiger partial charge in [0.2, 0.25) is 0 Å². The number of aryl methyl sites for hydroxylation is 1. The third-order valence-electron chi connectivity index (χ3n) is 3.82. The van der Waals surface area contributed by atoms with Crippen molar-refractivity contribution in [1.82, 2.24) is 14.0 Å². The van der Waals surface area contributed by atoms with E-state index in [1.807, 2.05) is 13.8 Å². The van der Waals surface area contributed by atoms with E-state index in [-0.39, 0.29) is 23.0 Å². The Hall–Kier alpha value is -1.44. The van der Waals surface area contributed by atoms with Gasteiger partial charge in [0.05, 0.1) is 18.3 Å². The van der Waals surface area contributed by atoms with Gasteiger partial charge in [0.1, 0.15) is 0 Å². The molecular formula is C15H25N3O4. The van der Waals surface area contributed by atoms with Gasteiger partial charge in [-0.2, -0.15) is 0 Å². The third-order valence-corrected chi connectivity index (χ3v) is 3.82. The van der Waals surface area contributed by atoms with Crippen LogP contribution in [0, 0.1) is 0 Å². The van der Waals surface area contributed by atoms with Gasteiger partial charge in [-0.05, 0) is 13.8 Å². The number of morpholine rings is 1. The maximum absolute atomic E-state index is 12.3. The monoisotopic (exact) mass is 311 g/mol. The molecule has 1 unspecified atom stereocenters. The summed E-state index contributed by atoms with van der Waals surface area (Å²) >= 11 is 0. The largest absolute Gasteiger partial charge is 0.382 e. The van der Waals surface area contributed by atoms with Crippen LogP contribution in [-0.2, 0) is 30.1 Å². The van der Waals surface area contributed by atoms with Crippen molar-refractivity contribution in [2.24, 2.45) is 14.1 Å². The van der Waals surface area contributed by atoms with Gasteiger partial charge < -0.3 is 14.0 Å². The first-order valence-electron chi connectivity index (χ1n) is 7.38. The molecule has 0 spiro atoms. The van der Waals surface area contributed by atoms with Crippen molar-refractivity contribution in [3.63, 3.8) is 0 Å². The molecule has 2 rings (SSSR count). The molecule has 2 heterocycles. The van der Waals surface area contributed by atoms with Gasteiger partial charge in [0.15, 0.2) is 0 Å². The van der Waals surface area contributed by atoms with Crippen molar-refractivity contribution in [2.45, 2.75) is 32.1 Å². The summed E-state index contributed by atoms with van der Waals surface area (Å²) < 4.78 is 13.7. The Morgan fingerprint density at radius 3 is 2.68 bits per heavy atom. The molecule has 0 radical (unpaired) electrons. The third kappa shape index (κ3) is 3.66. The van der Waals surface area contributed by atoms with Crippen LogP contribution in [0.4, 0.5) is 0 Å². The molecule has 7 heteroatoms. The van der Waals surface area contributed by atoms with Crippen LogP contribution in [0.15, 0.2) is 15.8 Å². The van der Waals surface area contributed by atoms with E-state index in [9.17, 15) is 9.59 Å². The van der Waals surface area contributed by atoms with Gasteiger partial charge in [-0.3, -0.25) is 14.3 Å². The molecule has 7 nitrogen and oxygen atoms in total. The first kappa shape index (κ1) is 16.9. The summed E-state index contributed by atoms with van der Waals surface area (Å²) in [6.07, 6.45) is 1.60. The number of methoxy groups -OCH3 is 1. The van der Waals surface area contributed by atoms with Gasteiger partial charge in [-0.1, -0.05) is 0 Å². The Morgan fingerprint density at radius 2 is 2.05 bits per heavy atom. The summed E-state index contributed by atoms with van der Waals surface area (Å²) in [5, 5.41) is 0. The van der Waals surface area contributed by atoms with E-state index in [0.717, 1.165) is 11.1 Å². The molecular weight excluding hydrogens is 286 g/mol. The zero-order valence-corrected chi connectivity index (χ0v) is 14.0. The highest BCUT2D eigenvalue weighted by atomic mass is 16.5. The van der Waals surface area contributed by atoms with E-state index in [2.05, 4.69) is 4.90 Å². The highest BCUT2D eigenvalue weighted by Crippen LogP contribution is 2.22. The SMILES string of the molecule is COCC1CN(Cc2cn(C)c(=O)n(C)c2=O)CC(C)(C)O1. The molecule has 1 fully saturated rings. The Morgan fingerprint density at radius 1 is 1.36 bits per heavy atom. The number of hydrogen-bond donors (Lipinski definition) is 0. The molecule has 1 saturated heterocycles. The molecule has 1 aliphatic heterocycles. The lowest BCUT2D eigenvalue weighted by atomic mass is 10.0. The van der Waals surface area contributed by atoms with Crippen molar-refractivity contribution >= 4 is 0 Å². The van der Waals surface area contributed by atoms with Crippen LogP contribution in [0.1, 0.15) is 19.4 Å². The maximum Gasteiger partial charge on any atom is 0.330 e. The zero-order valence-electron chi connectivity index (χ0n) is 14.0. The highest BCUT2D eigenvalue weighted by Gasteiger charge is 2.33. The fourth-order valence-corrected chi connectivity index (χ4v) is 3.04. The predicted molar refractivity (Wildman–Crippen MR) is 83.0 cm³/mol. The summed E-state index contributed by atoms with van der Waals surface area (Å²) in [7, 11) is 4.81. The molecule has 0 N–H and O–H groups in total. The van der Waals surface area contributed by atoms with E-state index in [1.54, 1.807) is 20.4 Å². The normalized spacial score (nSPS) is 22.0. The molecule has 0 bridgehead atoms. The summed E-state index contributed by atoms with van der Waals surface area (Å²) in [6, 6.07) is 0. The van der Waals surface area contributed by atoms with Crippen LogP contribution < -0.4 is 11.2 Å². The van der Waals surface area contributed by atoms with Crippen molar-refractivity contribution in [1.29, 1.82) is 0 Å². The minimum absolute atomic E-state index is 0.0230.